The standard InChI is InChI=1S/C13H20N4OS/c1-8(2)5-11-16-17-13(18-11)15-7-12-14-6-10(19-12)9(3)4/h6,8-9H,5,7H2,1-4H3,(H,15,17). The number of hydrogen-bond donors (Lipinski definition) is 1. The third-order valence-electron chi connectivity index (χ3n) is 2.58. The fourth-order valence-corrected chi connectivity index (χ4v) is 2.44. The highest BCUT2D eigenvalue weighted by atomic mass is 32.1. The predicted octanol–water partition coefficient (Wildman–Crippen LogP) is 3.46. The van der Waals surface area contributed by atoms with Gasteiger partial charge in [-0.2, -0.15) is 0 Å². The normalized spacial score (nSPS) is 11.5. The van der Waals surface area contributed by atoms with E-state index in [9.17, 15) is 0 Å². The lowest BCUT2D eigenvalue weighted by Gasteiger charge is -1.99. The number of hydrogen-bond acceptors (Lipinski definition) is 6. The minimum atomic E-state index is 0.469. The van der Waals surface area contributed by atoms with E-state index in [0.717, 1.165) is 11.4 Å². The highest BCUT2D eigenvalue weighted by molar-refractivity contribution is 7.11. The van der Waals surface area contributed by atoms with E-state index in [4.69, 9.17) is 4.42 Å². The van der Waals surface area contributed by atoms with Crippen LogP contribution in [-0.2, 0) is 13.0 Å². The van der Waals surface area contributed by atoms with Crippen molar-refractivity contribution in [3.63, 3.8) is 0 Å². The van der Waals surface area contributed by atoms with Crippen LogP contribution in [0.4, 0.5) is 6.01 Å². The van der Waals surface area contributed by atoms with Crippen LogP contribution in [-0.4, -0.2) is 15.2 Å². The average molecular weight is 280 g/mol. The van der Waals surface area contributed by atoms with E-state index in [1.54, 1.807) is 11.3 Å². The maximum atomic E-state index is 5.51. The van der Waals surface area contributed by atoms with E-state index in [0.29, 0.717) is 30.3 Å². The number of rotatable bonds is 6. The average Bonchev–Trinajstić information content (AvgIpc) is 2.94. The molecule has 0 saturated carbocycles. The Morgan fingerprint density at radius 3 is 2.68 bits per heavy atom. The largest absolute Gasteiger partial charge is 0.408 e. The van der Waals surface area contributed by atoms with E-state index in [2.05, 4.69) is 48.2 Å². The van der Waals surface area contributed by atoms with Gasteiger partial charge >= 0.3 is 6.01 Å². The number of aromatic nitrogens is 3. The van der Waals surface area contributed by atoms with Gasteiger partial charge in [0.15, 0.2) is 0 Å². The molecule has 5 nitrogen and oxygen atoms in total. The smallest absolute Gasteiger partial charge is 0.315 e. The molecule has 2 heterocycles. The molecule has 2 rings (SSSR count). The Morgan fingerprint density at radius 2 is 2.05 bits per heavy atom. The van der Waals surface area contributed by atoms with Gasteiger partial charge in [-0.1, -0.05) is 32.8 Å². The van der Waals surface area contributed by atoms with Crippen molar-refractivity contribution in [3.05, 3.63) is 22.0 Å². The Bertz CT molecular complexity index is 518. The van der Waals surface area contributed by atoms with Crippen LogP contribution in [0.1, 0.15) is 49.4 Å². The summed E-state index contributed by atoms with van der Waals surface area (Å²) in [5.41, 5.74) is 0. The lowest BCUT2D eigenvalue weighted by Crippen LogP contribution is -1.98. The maximum Gasteiger partial charge on any atom is 0.315 e. The summed E-state index contributed by atoms with van der Waals surface area (Å²) in [5.74, 6) is 1.72. The second-order valence-electron chi connectivity index (χ2n) is 5.26. The third kappa shape index (κ3) is 4.02. The van der Waals surface area contributed by atoms with Crippen molar-refractivity contribution >= 4 is 17.4 Å². The first-order chi connectivity index (χ1) is 9.04. The summed E-state index contributed by atoms with van der Waals surface area (Å²) in [5, 5.41) is 12.1. The molecule has 104 valence electrons. The molecule has 0 bridgehead atoms. The molecule has 2 aromatic heterocycles. The minimum Gasteiger partial charge on any atom is -0.408 e. The van der Waals surface area contributed by atoms with Crippen LogP contribution in [0, 0.1) is 5.92 Å². The van der Waals surface area contributed by atoms with Crippen molar-refractivity contribution in [1.82, 2.24) is 15.2 Å². The van der Waals surface area contributed by atoms with Gasteiger partial charge in [0.2, 0.25) is 5.89 Å². The topological polar surface area (TPSA) is 63.8 Å². The van der Waals surface area contributed by atoms with Crippen molar-refractivity contribution in [1.29, 1.82) is 0 Å². The molecule has 0 spiro atoms. The van der Waals surface area contributed by atoms with Crippen LogP contribution < -0.4 is 5.32 Å². The van der Waals surface area contributed by atoms with Gasteiger partial charge in [0, 0.05) is 17.5 Å². The Hall–Kier alpha value is -1.43. The van der Waals surface area contributed by atoms with Gasteiger partial charge < -0.3 is 9.73 Å². The minimum absolute atomic E-state index is 0.469. The Labute approximate surface area is 117 Å². The number of thiazole rings is 1. The second-order valence-corrected chi connectivity index (χ2v) is 6.41. The van der Waals surface area contributed by atoms with Gasteiger partial charge in [0.1, 0.15) is 5.01 Å². The predicted molar refractivity (Wildman–Crippen MR) is 76.4 cm³/mol. The zero-order chi connectivity index (χ0) is 13.8. The van der Waals surface area contributed by atoms with Crippen LogP contribution in [0.2, 0.25) is 0 Å². The van der Waals surface area contributed by atoms with Crippen molar-refractivity contribution < 1.29 is 4.42 Å². The molecule has 0 atom stereocenters. The second kappa shape index (κ2) is 6.14. The summed E-state index contributed by atoms with van der Waals surface area (Å²) < 4.78 is 5.51. The van der Waals surface area contributed by atoms with E-state index in [1.165, 1.54) is 4.88 Å². The summed E-state index contributed by atoms with van der Waals surface area (Å²) in [7, 11) is 0. The summed E-state index contributed by atoms with van der Waals surface area (Å²) in [4.78, 5) is 5.67. The van der Waals surface area contributed by atoms with E-state index in [1.807, 2.05) is 6.20 Å². The number of nitrogens with one attached hydrogen (secondary N) is 1. The highest BCUT2D eigenvalue weighted by Crippen LogP contribution is 2.22. The van der Waals surface area contributed by atoms with Gasteiger partial charge in [0.05, 0.1) is 6.54 Å². The molecule has 2 aromatic rings. The highest BCUT2D eigenvalue weighted by Gasteiger charge is 2.09. The van der Waals surface area contributed by atoms with Gasteiger partial charge in [-0.15, -0.1) is 16.4 Å². The molecule has 19 heavy (non-hydrogen) atoms. The summed E-state index contributed by atoms with van der Waals surface area (Å²) in [6.45, 7) is 9.21. The summed E-state index contributed by atoms with van der Waals surface area (Å²) in [6.07, 6.45) is 2.74. The Kier molecular flexibility index (Phi) is 4.52. The first-order valence-electron chi connectivity index (χ1n) is 6.55. The number of anilines is 1. The van der Waals surface area contributed by atoms with Crippen LogP contribution in [0.5, 0.6) is 0 Å². The molecule has 0 aromatic carbocycles. The molecule has 0 aliphatic heterocycles. The van der Waals surface area contributed by atoms with E-state index >= 15 is 0 Å². The van der Waals surface area contributed by atoms with Gasteiger partial charge in [0.25, 0.3) is 0 Å². The number of nitrogens with zero attached hydrogens (tertiary/aromatic N) is 3. The SMILES string of the molecule is CC(C)Cc1nnc(NCc2ncc(C(C)C)s2)o1. The fraction of sp³-hybridized carbons (Fsp3) is 0.615. The Balaban J connectivity index is 1.89. The fourth-order valence-electron chi connectivity index (χ4n) is 1.58. The maximum absolute atomic E-state index is 5.51. The lowest BCUT2D eigenvalue weighted by atomic mass is 10.1. The molecule has 6 heteroatoms. The molecular weight excluding hydrogens is 260 g/mol. The molecule has 0 amide bonds. The summed E-state index contributed by atoms with van der Waals surface area (Å²) >= 11 is 1.71. The summed E-state index contributed by atoms with van der Waals surface area (Å²) in [6, 6.07) is 0.469. The zero-order valence-corrected chi connectivity index (χ0v) is 12.6. The molecule has 0 saturated heterocycles. The molecular formula is C13H20N4OS. The van der Waals surface area contributed by atoms with Gasteiger partial charge in [-0.3, -0.25) is 0 Å². The van der Waals surface area contributed by atoms with Crippen LogP contribution in [0.25, 0.3) is 0 Å². The van der Waals surface area contributed by atoms with Crippen molar-refractivity contribution in [3.8, 4) is 0 Å². The molecule has 0 aliphatic carbocycles. The van der Waals surface area contributed by atoms with Gasteiger partial charge in [-0.05, 0) is 11.8 Å². The van der Waals surface area contributed by atoms with Gasteiger partial charge in [-0.25, -0.2) is 4.98 Å². The Morgan fingerprint density at radius 1 is 1.26 bits per heavy atom. The zero-order valence-electron chi connectivity index (χ0n) is 11.8. The quantitative estimate of drug-likeness (QED) is 0.878. The van der Waals surface area contributed by atoms with E-state index < -0.39 is 0 Å². The molecule has 0 fully saturated rings. The lowest BCUT2D eigenvalue weighted by molar-refractivity contribution is 0.465. The monoisotopic (exact) mass is 280 g/mol. The molecule has 1 N–H and O–H groups in total. The van der Waals surface area contributed by atoms with Crippen molar-refractivity contribution in [2.24, 2.45) is 5.92 Å². The molecule has 0 unspecified atom stereocenters. The van der Waals surface area contributed by atoms with Crippen LogP contribution in [0.15, 0.2) is 10.6 Å². The first-order valence-corrected chi connectivity index (χ1v) is 7.37. The van der Waals surface area contributed by atoms with Crippen molar-refractivity contribution in [2.75, 3.05) is 5.32 Å². The van der Waals surface area contributed by atoms with E-state index in [-0.39, 0.29) is 0 Å². The van der Waals surface area contributed by atoms with Crippen LogP contribution in [0.3, 0.4) is 0 Å². The molecule has 0 aliphatic rings. The third-order valence-corrected chi connectivity index (χ3v) is 3.88. The first kappa shape index (κ1) is 14.0. The molecule has 0 radical (unpaired) electrons. The van der Waals surface area contributed by atoms with Crippen molar-refractivity contribution in [2.45, 2.75) is 46.6 Å². The van der Waals surface area contributed by atoms with Crippen LogP contribution >= 0.6 is 11.3 Å².